The summed E-state index contributed by atoms with van der Waals surface area (Å²) in [4.78, 5) is 27.5. The predicted octanol–water partition coefficient (Wildman–Crippen LogP) is 4.40. The molecule has 4 nitrogen and oxygen atoms in total. The van der Waals surface area contributed by atoms with Crippen molar-refractivity contribution in [2.24, 2.45) is 0 Å². The lowest BCUT2D eigenvalue weighted by Gasteiger charge is -2.24. The summed E-state index contributed by atoms with van der Waals surface area (Å²) < 4.78 is 0. The molecule has 2 aromatic carbocycles. The van der Waals surface area contributed by atoms with Gasteiger partial charge < -0.3 is 9.80 Å². The molecule has 0 saturated carbocycles. The Morgan fingerprint density at radius 1 is 1.04 bits per heavy atom. The second kappa shape index (κ2) is 8.88. The van der Waals surface area contributed by atoms with Crippen LogP contribution >= 0.6 is 23.2 Å². The van der Waals surface area contributed by atoms with E-state index in [1.54, 1.807) is 30.1 Å². The lowest BCUT2D eigenvalue weighted by molar-refractivity contribution is -0.130. The summed E-state index contributed by atoms with van der Waals surface area (Å²) in [5, 5.41) is 0.905. The van der Waals surface area contributed by atoms with Crippen molar-refractivity contribution in [1.82, 2.24) is 4.90 Å². The number of anilines is 1. The Labute approximate surface area is 157 Å². The summed E-state index contributed by atoms with van der Waals surface area (Å²) in [7, 11) is 1.75. The van der Waals surface area contributed by atoms with Crippen molar-refractivity contribution in [1.29, 1.82) is 0 Å². The largest absolute Gasteiger partial charge is 0.341 e. The van der Waals surface area contributed by atoms with Gasteiger partial charge in [-0.25, -0.2) is 0 Å². The fourth-order valence-corrected chi connectivity index (χ4v) is 2.87. The van der Waals surface area contributed by atoms with Crippen LogP contribution in [0.4, 0.5) is 5.69 Å². The van der Waals surface area contributed by atoms with Crippen molar-refractivity contribution in [2.45, 2.75) is 19.9 Å². The van der Waals surface area contributed by atoms with Crippen molar-refractivity contribution >= 4 is 40.7 Å². The molecule has 0 aliphatic carbocycles. The first-order chi connectivity index (χ1) is 11.9. The molecule has 132 valence electrons. The summed E-state index contributed by atoms with van der Waals surface area (Å²) in [5.41, 5.74) is 1.57. The van der Waals surface area contributed by atoms with Crippen LogP contribution in [0, 0.1) is 0 Å². The maximum absolute atomic E-state index is 12.4. The molecule has 2 rings (SSSR count). The molecule has 0 aliphatic rings. The maximum Gasteiger partial charge on any atom is 0.224 e. The van der Waals surface area contributed by atoms with Gasteiger partial charge in [-0.05, 0) is 23.8 Å². The van der Waals surface area contributed by atoms with E-state index < -0.39 is 0 Å². The van der Waals surface area contributed by atoms with Gasteiger partial charge in [0.15, 0.2) is 0 Å². The molecular formula is C19H20Cl2N2O2. The molecule has 0 fully saturated rings. The van der Waals surface area contributed by atoms with Gasteiger partial charge in [0.1, 0.15) is 0 Å². The van der Waals surface area contributed by atoms with Crippen LogP contribution < -0.4 is 4.90 Å². The minimum absolute atomic E-state index is 0.0479. The molecule has 0 saturated heterocycles. The van der Waals surface area contributed by atoms with Crippen LogP contribution in [0.15, 0.2) is 48.5 Å². The average molecular weight is 379 g/mol. The van der Waals surface area contributed by atoms with Crippen molar-refractivity contribution in [3.8, 4) is 0 Å². The molecule has 0 atom stereocenters. The van der Waals surface area contributed by atoms with Gasteiger partial charge in [0.25, 0.3) is 0 Å². The number of hydrogen-bond acceptors (Lipinski definition) is 2. The van der Waals surface area contributed by atoms with Crippen LogP contribution in [0.1, 0.15) is 18.9 Å². The molecule has 0 heterocycles. The van der Waals surface area contributed by atoms with Crippen LogP contribution in [-0.2, 0) is 16.1 Å². The minimum atomic E-state index is -0.192. The topological polar surface area (TPSA) is 40.6 Å². The summed E-state index contributed by atoms with van der Waals surface area (Å²) in [5.74, 6) is -0.240. The van der Waals surface area contributed by atoms with Crippen LogP contribution in [0.2, 0.25) is 10.0 Å². The van der Waals surface area contributed by atoms with E-state index in [0.29, 0.717) is 22.3 Å². The standard InChI is InChI=1S/C19H20Cl2N2O2/c1-14(24)23(18-12-16(20)8-9-17(18)21)11-10-19(25)22(2)13-15-6-4-3-5-7-15/h3-9,12H,10-11,13H2,1-2H3. The third kappa shape index (κ3) is 5.48. The zero-order valence-corrected chi connectivity index (χ0v) is 15.7. The van der Waals surface area contributed by atoms with Gasteiger partial charge >= 0.3 is 0 Å². The van der Waals surface area contributed by atoms with Crippen molar-refractivity contribution < 1.29 is 9.59 Å². The Bertz CT molecular complexity index is 750. The Morgan fingerprint density at radius 3 is 2.36 bits per heavy atom. The highest BCUT2D eigenvalue weighted by atomic mass is 35.5. The van der Waals surface area contributed by atoms with Gasteiger partial charge in [-0.2, -0.15) is 0 Å². The molecule has 0 spiro atoms. The summed E-state index contributed by atoms with van der Waals surface area (Å²) in [6.07, 6.45) is 0.200. The highest BCUT2D eigenvalue weighted by Crippen LogP contribution is 2.29. The molecule has 6 heteroatoms. The van der Waals surface area contributed by atoms with Gasteiger partial charge in [-0.15, -0.1) is 0 Å². The van der Waals surface area contributed by atoms with Crippen LogP contribution in [0.5, 0.6) is 0 Å². The summed E-state index contributed by atoms with van der Waals surface area (Å²) >= 11 is 12.2. The summed E-state index contributed by atoms with van der Waals surface area (Å²) in [6, 6.07) is 14.7. The number of carbonyl (C=O) groups is 2. The van der Waals surface area contributed by atoms with E-state index in [-0.39, 0.29) is 24.8 Å². The first-order valence-corrected chi connectivity index (χ1v) is 8.65. The quantitative estimate of drug-likeness (QED) is 0.747. The fourth-order valence-electron chi connectivity index (χ4n) is 2.48. The van der Waals surface area contributed by atoms with Crippen molar-refractivity contribution in [3.05, 3.63) is 64.1 Å². The Morgan fingerprint density at radius 2 is 1.72 bits per heavy atom. The first-order valence-electron chi connectivity index (χ1n) is 7.89. The van der Waals surface area contributed by atoms with Crippen LogP contribution in [0.25, 0.3) is 0 Å². The average Bonchev–Trinajstić information content (AvgIpc) is 2.58. The molecule has 25 heavy (non-hydrogen) atoms. The SMILES string of the molecule is CC(=O)N(CCC(=O)N(C)Cc1ccccc1)c1cc(Cl)ccc1Cl. The maximum atomic E-state index is 12.4. The molecule has 2 aromatic rings. The number of carbonyl (C=O) groups excluding carboxylic acids is 2. The zero-order chi connectivity index (χ0) is 18.4. The highest BCUT2D eigenvalue weighted by Gasteiger charge is 2.18. The first kappa shape index (κ1) is 19.3. The molecular weight excluding hydrogens is 359 g/mol. The molecule has 2 amide bonds. The normalized spacial score (nSPS) is 10.4. The molecule has 0 unspecified atom stereocenters. The number of nitrogens with zero attached hydrogens (tertiary/aromatic N) is 2. The van der Waals surface area contributed by atoms with Gasteiger partial charge in [0, 0.05) is 38.5 Å². The molecule has 0 bridgehead atoms. The monoisotopic (exact) mass is 378 g/mol. The third-order valence-corrected chi connectivity index (χ3v) is 4.37. The fraction of sp³-hybridized carbons (Fsp3) is 0.263. The van der Waals surface area contributed by atoms with Crippen molar-refractivity contribution in [3.63, 3.8) is 0 Å². The van der Waals surface area contributed by atoms with Gasteiger partial charge in [0.05, 0.1) is 10.7 Å². The van der Waals surface area contributed by atoms with Gasteiger partial charge in [-0.3, -0.25) is 9.59 Å². The Kier molecular flexibility index (Phi) is 6.85. The van der Waals surface area contributed by atoms with Gasteiger partial charge in [-0.1, -0.05) is 53.5 Å². The second-order valence-electron chi connectivity index (χ2n) is 5.75. The van der Waals surface area contributed by atoms with E-state index in [9.17, 15) is 9.59 Å². The molecule has 0 aromatic heterocycles. The Hall–Kier alpha value is -2.04. The number of benzene rings is 2. The second-order valence-corrected chi connectivity index (χ2v) is 6.60. The van der Waals surface area contributed by atoms with E-state index >= 15 is 0 Å². The lowest BCUT2D eigenvalue weighted by atomic mass is 10.2. The number of rotatable bonds is 6. The van der Waals surface area contributed by atoms with E-state index in [1.165, 1.54) is 11.8 Å². The van der Waals surface area contributed by atoms with Crippen molar-refractivity contribution in [2.75, 3.05) is 18.5 Å². The summed E-state index contributed by atoms with van der Waals surface area (Å²) in [6.45, 7) is 2.21. The third-order valence-electron chi connectivity index (χ3n) is 3.82. The molecule has 0 aliphatic heterocycles. The molecule has 0 radical (unpaired) electrons. The van der Waals surface area contributed by atoms with Gasteiger partial charge in [0.2, 0.25) is 11.8 Å². The Balaban J connectivity index is 2.02. The van der Waals surface area contributed by atoms with E-state index in [1.807, 2.05) is 30.3 Å². The van der Waals surface area contributed by atoms with E-state index in [0.717, 1.165) is 5.56 Å². The van der Waals surface area contributed by atoms with E-state index in [2.05, 4.69) is 0 Å². The van der Waals surface area contributed by atoms with Crippen LogP contribution in [-0.4, -0.2) is 30.3 Å². The number of amides is 2. The minimum Gasteiger partial charge on any atom is -0.341 e. The number of halogens is 2. The highest BCUT2D eigenvalue weighted by molar-refractivity contribution is 6.35. The van der Waals surface area contributed by atoms with Crippen LogP contribution in [0.3, 0.4) is 0 Å². The molecule has 0 N–H and O–H groups in total. The smallest absolute Gasteiger partial charge is 0.224 e. The van der Waals surface area contributed by atoms with E-state index in [4.69, 9.17) is 23.2 Å². The lowest BCUT2D eigenvalue weighted by Crippen LogP contribution is -2.34. The zero-order valence-electron chi connectivity index (χ0n) is 14.2. The number of hydrogen-bond donors (Lipinski definition) is 0. The predicted molar refractivity (Wildman–Crippen MR) is 102 cm³/mol.